The number of carbonyl (C=O) groups excluding carboxylic acids is 1. The van der Waals surface area contributed by atoms with E-state index in [-0.39, 0.29) is 0 Å². The van der Waals surface area contributed by atoms with Crippen LogP contribution in [-0.2, 0) is 11.2 Å². The average Bonchev–Trinajstić information content (AvgIpc) is 2.45. The van der Waals surface area contributed by atoms with E-state index < -0.39 is 0 Å². The predicted octanol–water partition coefficient (Wildman–Crippen LogP) is 2.68. The van der Waals surface area contributed by atoms with Crippen molar-refractivity contribution in [2.24, 2.45) is 0 Å². The third-order valence-electron chi connectivity index (χ3n) is 2.88. The van der Waals surface area contributed by atoms with Crippen LogP contribution in [0.5, 0.6) is 0 Å². The van der Waals surface area contributed by atoms with Crippen molar-refractivity contribution in [3.63, 3.8) is 0 Å². The highest BCUT2D eigenvalue weighted by Gasteiger charge is 1.97. The van der Waals surface area contributed by atoms with Crippen molar-refractivity contribution in [2.75, 3.05) is 13.1 Å². The van der Waals surface area contributed by atoms with Gasteiger partial charge in [-0.2, -0.15) is 0 Å². The highest BCUT2D eigenvalue weighted by atomic mass is 16.1. The van der Waals surface area contributed by atoms with Crippen LogP contribution >= 0.6 is 0 Å². The van der Waals surface area contributed by atoms with E-state index in [0.717, 1.165) is 19.3 Å². The summed E-state index contributed by atoms with van der Waals surface area (Å²) in [7, 11) is 0. The van der Waals surface area contributed by atoms with Gasteiger partial charge in [0.05, 0.1) is 6.54 Å². The van der Waals surface area contributed by atoms with Crippen LogP contribution in [0.4, 0.5) is 0 Å². The molecular formula is C16H17NO. The van der Waals surface area contributed by atoms with Gasteiger partial charge in [-0.15, -0.1) is 0 Å². The molecule has 0 bridgehead atoms. The van der Waals surface area contributed by atoms with Crippen molar-refractivity contribution in [1.29, 1.82) is 0 Å². The van der Waals surface area contributed by atoms with Crippen molar-refractivity contribution < 1.29 is 4.79 Å². The molecule has 0 heterocycles. The van der Waals surface area contributed by atoms with Crippen molar-refractivity contribution in [1.82, 2.24) is 5.32 Å². The minimum Gasteiger partial charge on any atom is -0.310 e. The maximum absolute atomic E-state index is 10.2. The lowest BCUT2D eigenvalue weighted by atomic mass is 10.0. The first kappa shape index (κ1) is 12.5. The Morgan fingerprint density at radius 1 is 0.889 bits per heavy atom. The topological polar surface area (TPSA) is 29.1 Å². The molecule has 18 heavy (non-hydrogen) atoms. The molecule has 0 aliphatic rings. The average molecular weight is 239 g/mol. The number of nitrogens with one attached hydrogen (secondary N) is 1. The Bertz CT molecular complexity index is 476. The van der Waals surface area contributed by atoms with Gasteiger partial charge in [0.15, 0.2) is 0 Å². The maximum atomic E-state index is 10.2. The molecule has 0 saturated heterocycles. The van der Waals surface area contributed by atoms with E-state index >= 15 is 0 Å². The minimum atomic E-state index is 0.433. The Morgan fingerprint density at radius 2 is 1.56 bits per heavy atom. The summed E-state index contributed by atoms with van der Waals surface area (Å²) in [5, 5.41) is 3.06. The van der Waals surface area contributed by atoms with E-state index in [1.165, 1.54) is 16.7 Å². The minimum absolute atomic E-state index is 0.433. The van der Waals surface area contributed by atoms with Crippen molar-refractivity contribution >= 4 is 6.29 Å². The molecule has 2 nitrogen and oxygen atoms in total. The van der Waals surface area contributed by atoms with Gasteiger partial charge < -0.3 is 10.1 Å². The summed E-state index contributed by atoms with van der Waals surface area (Å²) in [5.74, 6) is 0. The van der Waals surface area contributed by atoms with E-state index in [9.17, 15) is 4.79 Å². The zero-order valence-corrected chi connectivity index (χ0v) is 10.3. The summed E-state index contributed by atoms with van der Waals surface area (Å²) >= 11 is 0. The molecule has 0 atom stereocenters. The Labute approximate surface area is 108 Å². The number of aldehydes is 1. The van der Waals surface area contributed by atoms with E-state index in [1.54, 1.807) is 0 Å². The van der Waals surface area contributed by atoms with E-state index in [1.807, 2.05) is 18.2 Å². The van der Waals surface area contributed by atoms with E-state index in [0.29, 0.717) is 6.54 Å². The summed E-state index contributed by atoms with van der Waals surface area (Å²) in [5.41, 5.74) is 3.76. The third kappa shape index (κ3) is 3.54. The van der Waals surface area contributed by atoms with Gasteiger partial charge in [0, 0.05) is 0 Å². The van der Waals surface area contributed by atoms with Crippen LogP contribution in [0.3, 0.4) is 0 Å². The number of hydrogen-bond acceptors (Lipinski definition) is 2. The van der Waals surface area contributed by atoms with Crippen molar-refractivity contribution in [2.45, 2.75) is 6.42 Å². The van der Waals surface area contributed by atoms with E-state index in [2.05, 4.69) is 41.7 Å². The molecule has 2 aromatic carbocycles. The van der Waals surface area contributed by atoms with Crippen LogP contribution < -0.4 is 5.32 Å². The van der Waals surface area contributed by atoms with Crippen LogP contribution in [0.15, 0.2) is 54.6 Å². The van der Waals surface area contributed by atoms with Gasteiger partial charge in [-0.25, -0.2) is 0 Å². The second kappa shape index (κ2) is 6.72. The molecule has 1 N–H and O–H groups in total. The Kier molecular flexibility index (Phi) is 4.68. The molecule has 0 unspecified atom stereocenters. The molecule has 0 spiro atoms. The molecule has 0 aromatic heterocycles. The van der Waals surface area contributed by atoms with Gasteiger partial charge in [-0.3, -0.25) is 0 Å². The molecule has 0 amide bonds. The van der Waals surface area contributed by atoms with Gasteiger partial charge in [-0.1, -0.05) is 54.6 Å². The fraction of sp³-hybridized carbons (Fsp3) is 0.188. The molecule has 2 aromatic rings. The molecule has 0 saturated carbocycles. The monoisotopic (exact) mass is 239 g/mol. The van der Waals surface area contributed by atoms with Crippen LogP contribution in [-0.4, -0.2) is 19.4 Å². The maximum Gasteiger partial charge on any atom is 0.133 e. The number of benzene rings is 2. The molecule has 92 valence electrons. The molecule has 0 aliphatic heterocycles. The Balaban J connectivity index is 1.95. The molecule has 0 fully saturated rings. The van der Waals surface area contributed by atoms with Gasteiger partial charge >= 0.3 is 0 Å². The normalized spacial score (nSPS) is 10.2. The number of rotatable bonds is 6. The molecule has 0 aliphatic carbocycles. The quantitative estimate of drug-likeness (QED) is 0.620. The lowest BCUT2D eigenvalue weighted by molar-refractivity contribution is -0.107. The second-order valence-electron chi connectivity index (χ2n) is 4.18. The summed E-state index contributed by atoms with van der Waals surface area (Å²) in [6.45, 7) is 1.27. The Hall–Kier alpha value is -1.93. The van der Waals surface area contributed by atoms with E-state index in [4.69, 9.17) is 0 Å². The fourth-order valence-corrected chi connectivity index (χ4v) is 1.89. The van der Waals surface area contributed by atoms with Crippen molar-refractivity contribution in [3.8, 4) is 11.1 Å². The summed E-state index contributed by atoms with van der Waals surface area (Å²) in [6.07, 6.45) is 1.83. The van der Waals surface area contributed by atoms with Crippen LogP contribution in [0.25, 0.3) is 11.1 Å². The van der Waals surface area contributed by atoms with Gasteiger partial charge in [0.25, 0.3) is 0 Å². The highest BCUT2D eigenvalue weighted by molar-refractivity contribution is 5.63. The van der Waals surface area contributed by atoms with Crippen LogP contribution in [0, 0.1) is 0 Å². The van der Waals surface area contributed by atoms with Gasteiger partial charge in [-0.05, 0) is 29.7 Å². The molecule has 2 rings (SSSR count). The van der Waals surface area contributed by atoms with Crippen LogP contribution in [0.2, 0.25) is 0 Å². The molecule has 2 heteroatoms. The highest BCUT2D eigenvalue weighted by Crippen LogP contribution is 2.19. The largest absolute Gasteiger partial charge is 0.310 e. The smallest absolute Gasteiger partial charge is 0.133 e. The second-order valence-corrected chi connectivity index (χ2v) is 4.18. The lowest BCUT2D eigenvalue weighted by Gasteiger charge is -2.04. The fourth-order valence-electron chi connectivity index (χ4n) is 1.89. The number of hydrogen-bond donors (Lipinski definition) is 1. The zero-order valence-electron chi connectivity index (χ0n) is 10.3. The van der Waals surface area contributed by atoms with Gasteiger partial charge in [0.1, 0.15) is 6.29 Å². The SMILES string of the molecule is O=CCNCCc1ccc(-c2ccccc2)cc1. The predicted molar refractivity (Wildman–Crippen MR) is 74.5 cm³/mol. The summed E-state index contributed by atoms with van der Waals surface area (Å²) in [6, 6.07) is 18.9. The Morgan fingerprint density at radius 3 is 2.22 bits per heavy atom. The van der Waals surface area contributed by atoms with Crippen molar-refractivity contribution in [3.05, 3.63) is 60.2 Å². The third-order valence-corrected chi connectivity index (χ3v) is 2.88. The molecule has 0 radical (unpaired) electrons. The van der Waals surface area contributed by atoms with Crippen LogP contribution in [0.1, 0.15) is 5.56 Å². The molecular weight excluding hydrogens is 222 g/mol. The first-order chi connectivity index (χ1) is 8.90. The first-order valence-corrected chi connectivity index (χ1v) is 6.19. The first-order valence-electron chi connectivity index (χ1n) is 6.19. The zero-order chi connectivity index (χ0) is 12.6. The summed E-state index contributed by atoms with van der Waals surface area (Å²) < 4.78 is 0. The van der Waals surface area contributed by atoms with Gasteiger partial charge in [0.2, 0.25) is 0 Å². The lowest BCUT2D eigenvalue weighted by Crippen LogP contribution is -2.19. The summed E-state index contributed by atoms with van der Waals surface area (Å²) in [4.78, 5) is 10.2. The number of carbonyl (C=O) groups is 1. The standard InChI is InChI=1S/C16H17NO/c18-13-12-17-11-10-14-6-8-16(9-7-14)15-4-2-1-3-5-15/h1-9,13,17H,10-12H2.